The Kier molecular flexibility index (Phi) is 3.73. The van der Waals surface area contributed by atoms with E-state index in [9.17, 15) is 4.79 Å². The molecule has 0 saturated heterocycles. The molecule has 0 unspecified atom stereocenters. The Morgan fingerprint density at radius 3 is 2.58 bits per heavy atom. The molecule has 2 nitrogen and oxygen atoms in total. The molecule has 0 atom stereocenters. The summed E-state index contributed by atoms with van der Waals surface area (Å²) < 4.78 is 0. The number of hydrogen-bond acceptors (Lipinski definition) is 1. The standard InChI is InChI=1S/C10H19NO/c1-10(7-8-11-9-12)5-3-2-4-6-10/h9H,2-8H2,1H3,(H,11,12)/p+1. The highest BCUT2D eigenvalue weighted by atomic mass is 16.1. The third kappa shape index (κ3) is 2.94. The van der Waals surface area contributed by atoms with Gasteiger partial charge in [-0.25, -0.2) is 4.79 Å². The third-order valence-electron chi connectivity index (χ3n) is 3.07. The fourth-order valence-corrected chi connectivity index (χ4v) is 2.16. The minimum absolute atomic E-state index is 0.539. The second kappa shape index (κ2) is 4.61. The third-order valence-corrected chi connectivity index (χ3v) is 3.07. The van der Waals surface area contributed by atoms with Crippen LogP contribution in [0.5, 0.6) is 0 Å². The highest BCUT2D eigenvalue weighted by molar-refractivity contribution is 5.31. The van der Waals surface area contributed by atoms with Gasteiger partial charge in [0.25, 0.3) is 6.41 Å². The zero-order valence-electron chi connectivity index (χ0n) is 8.01. The van der Waals surface area contributed by atoms with E-state index in [0.717, 1.165) is 13.0 Å². The van der Waals surface area contributed by atoms with Gasteiger partial charge >= 0.3 is 0 Å². The fourth-order valence-electron chi connectivity index (χ4n) is 2.16. The molecule has 1 fully saturated rings. The monoisotopic (exact) mass is 170 g/mol. The van der Waals surface area contributed by atoms with Crippen LogP contribution in [0, 0.1) is 5.41 Å². The Balaban J connectivity index is 2.21. The van der Waals surface area contributed by atoms with Gasteiger partial charge in [-0.2, -0.15) is 0 Å². The van der Waals surface area contributed by atoms with E-state index >= 15 is 0 Å². The van der Waals surface area contributed by atoms with Crippen molar-refractivity contribution in [1.29, 1.82) is 0 Å². The molecule has 0 aromatic carbocycles. The lowest BCUT2D eigenvalue weighted by Crippen LogP contribution is -2.83. The molecule has 2 N–H and O–H groups in total. The highest BCUT2D eigenvalue weighted by Crippen LogP contribution is 2.37. The molecule has 1 rings (SSSR count). The molecular formula is C10H20NO+. The quantitative estimate of drug-likeness (QED) is 0.497. The van der Waals surface area contributed by atoms with Gasteiger partial charge in [-0.15, -0.1) is 0 Å². The number of carbonyl (C=O) groups is 1. The second-order valence-electron chi connectivity index (χ2n) is 4.28. The number of quaternary nitrogens is 1. The van der Waals surface area contributed by atoms with Crippen LogP contribution < -0.4 is 5.32 Å². The molecule has 0 aromatic heterocycles. The fraction of sp³-hybridized carbons (Fsp3) is 0.900. The molecule has 0 radical (unpaired) electrons. The average molecular weight is 170 g/mol. The summed E-state index contributed by atoms with van der Waals surface area (Å²) in [5, 5.41) is 1.75. The molecule has 2 heteroatoms. The van der Waals surface area contributed by atoms with E-state index in [-0.39, 0.29) is 0 Å². The van der Waals surface area contributed by atoms with Crippen LogP contribution in [0.4, 0.5) is 0 Å². The Bertz CT molecular complexity index is 139. The van der Waals surface area contributed by atoms with Gasteiger partial charge in [0.15, 0.2) is 0 Å². The summed E-state index contributed by atoms with van der Waals surface area (Å²) >= 11 is 0. The predicted molar refractivity (Wildman–Crippen MR) is 48.7 cm³/mol. The van der Waals surface area contributed by atoms with E-state index in [4.69, 9.17) is 0 Å². The molecule has 70 valence electrons. The summed E-state index contributed by atoms with van der Waals surface area (Å²) in [4.78, 5) is 10.1. The normalized spacial score (nSPS) is 22.1. The smallest absolute Gasteiger partial charge is 0.286 e. The van der Waals surface area contributed by atoms with Gasteiger partial charge in [0.2, 0.25) is 0 Å². The molecule has 0 aromatic rings. The lowest BCUT2D eigenvalue weighted by Gasteiger charge is -2.32. The van der Waals surface area contributed by atoms with Crippen molar-refractivity contribution in [2.75, 3.05) is 6.54 Å². The molecule has 1 aliphatic carbocycles. The number of carbonyl (C=O) groups excluding carboxylic acids is 1. The maximum absolute atomic E-state index is 10.1. The van der Waals surface area contributed by atoms with Crippen molar-refractivity contribution >= 4 is 6.41 Å². The first-order valence-electron chi connectivity index (χ1n) is 5.04. The topological polar surface area (TPSA) is 33.7 Å². The van der Waals surface area contributed by atoms with Crippen LogP contribution in [0.1, 0.15) is 45.4 Å². The highest BCUT2D eigenvalue weighted by Gasteiger charge is 2.26. The van der Waals surface area contributed by atoms with Crippen molar-refractivity contribution in [3.8, 4) is 0 Å². The van der Waals surface area contributed by atoms with Gasteiger partial charge in [-0.3, -0.25) is 5.32 Å². The molecule has 0 aliphatic heterocycles. The molecule has 0 heterocycles. The van der Waals surface area contributed by atoms with Crippen LogP contribution in [0.15, 0.2) is 0 Å². The summed E-state index contributed by atoms with van der Waals surface area (Å²) in [7, 11) is 0. The van der Waals surface area contributed by atoms with Crippen LogP contribution in [0.25, 0.3) is 0 Å². The van der Waals surface area contributed by atoms with Crippen LogP contribution in [0.3, 0.4) is 0 Å². The molecular weight excluding hydrogens is 150 g/mol. The van der Waals surface area contributed by atoms with Gasteiger partial charge in [-0.1, -0.05) is 26.2 Å². The van der Waals surface area contributed by atoms with E-state index in [0.29, 0.717) is 5.41 Å². The minimum atomic E-state index is 0.539. The Morgan fingerprint density at radius 2 is 2.00 bits per heavy atom. The molecule has 0 bridgehead atoms. The first-order chi connectivity index (χ1) is 5.77. The predicted octanol–water partition coefficient (Wildman–Crippen LogP) is 1.07. The van der Waals surface area contributed by atoms with Gasteiger partial charge < -0.3 is 0 Å². The van der Waals surface area contributed by atoms with Crippen molar-refractivity contribution in [1.82, 2.24) is 0 Å². The molecule has 1 aliphatic rings. The number of rotatable bonds is 4. The molecule has 1 amide bonds. The Labute approximate surface area is 74.7 Å². The molecule has 0 spiro atoms. The molecule has 1 saturated carbocycles. The summed E-state index contributed by atoms with van der Waals surface area (Å²) in [6.07, 6.45) is 9.03. The van der Waals surface area contributed by atoms with Crippen LogP contribution in [-0.2, 0) is 4.79 Å². The lowest BCUT2D eigenvalue weighted by molar-refractivity contribution is -0.557. The summed E-state index contributed by atoms with van der Waals surface area (Å²) in [6, 6.07) is 0. The van der Waals surface area contributed by atoms with Gasteiger partial charge in [0.05, 0.1) is 6.54 Å². The van der Waals surface area contributed by atoms with Gasteiger partial charge in [0.1, 0.15) is 0 Å². The second-order valence-corrected chi connectivity index (χ2v) is 4.28. The van der Waals surface area contributed by atoms with Gasteiger partial charge in [-0.05, 0) is 18.3 Å². The first kappa shape index (κ1) is 9.72. The zero-order chi connectivity index (χ0) is 8.86. The lowest BCUT2D eigenvalue weighted by atomic mass is 9.73. The number of hydrogen-bond donors (Lipinski definition) is 1. The summed E-state index contributed by atoms with van der Waals surface area (Å²) in [5.41, 5.74) is 0.539. The van der Waals surface area contributed by atoms with Crippen LogP contribution >= 0.6 is 0 Å². The maximum atomic E-state index is 10.1. The first-order valence-corrected chi connectivity index (χ1v) is 5.04. The van der Waals surface area contributed by atoms with E-state index in [1.807, 2.05) is 0 Å². The largest absolute Gasteiger partial charge is 0.298 e. The van der Waals surface area contributed by atoms with Crippen molar-refractivity contribution in [2.45, 2.75) is 45.4 Å². The molecule has 12 heavy (non-hydrogen) atoms. The van der Waals surface area contributed by atoms with Crippen molar-refractivity contribution in [2.24, 2.45) is 5.41 Å². The van der Waals surface area contributed by atoms with Crippen molar-refractivity contribution in [3.63, 3.8) is 0 Å². The van der Waals surface area contributed by atoms with Crippen LogP contribution in [0.2, 0.25) is 0 Å². The number of amides is 1. The minimum Gasteiger partial charge on any atom is -0.286 e. The van der Waals surface area contributed by atoms with Crippen molar-refractivity contribution in [3.05, 3.63) is 0 Å². The summed E-state index contributed by atoms with van der Waals surface area (Å²) in [5.74, 6) is 0. The van der Waals surface area contributed by atoms with E-state index in [1.165, 1.54) is 38.5 Å². The summed E-state index contributed by atoms with van der Waals surface area (Å²) in [6.45, 7) is 3.34. The van der Waals surface area contributed by atoms with E-state index in [2.05, 4.69) is 6.92 Å². The number of nitrogens with two attached hydrogens (primary N) is 1. The van der Waals surface area contributed by atoms with Crippen LogP contribution in [-0.4, -0.2) is 13.0 Å². The SMILES string of the molecule is CC1(CC[NH2+]C=O)CCCCC1. The van der Waals surface area contributed by atoms with Gasteiger partial charge in [0, 0.05) is 6.42 Å². The van der Waals surface area contributed by atoms with E-state index < -0.39 is 0 Å². The zero-order valence-corrected chi connectivity index (χ0v) is 8.01. The maximum Gasteiger partial charge on any atom is 0.298 e. The Hall–Kier alpha value is -0.370. The van der Waals surface area contributed by atoms with E-state index in [1.54, 1.807) is 5.32 Å². The number of primary amides is 1. The Morgan fingerprint density at radius 1 is 1.33 bits per heavy atom. The van der Waals surface area contributed by atoms with Crippen molar-refractivity contribution < 1.29 is 10.1 Å². The average Bonchev–Trinajstić information content (AvgIpc) is 2.06.